The number of carboxylic acid groups (broad SMARTS) is 1. The molecule has 50 heavy (non-hydrogen) atoms. The largest absolute Gasteiger partial charge is 0.481 e. The van der Waals surface area contributed by atoms with E-state index in [1.165, 1.54) is 11.9 Å². The molecule has 1 unspecified atom stereocenters. The quantitative estimate of drug-likeness (QED) is 0.0637. The molecule has 1 rings (SSSR count). The topological polar surface area (TPSA) is 212 Å². The minimum atomic E-state index is -0.958. The summed E-state index contributed by atoms with van der Waals surface area (Å²) in [5.74, 6) is -2.34. The molecule has 0 aliphatic heterocycles. The monoisotopic (exact) mass is 722 g/mol. The molecule has 1 aromatic rings. The van der Waals surface area contributed by atoms with E-state index in [1.54, 1.807) is 38.4 Å². The van der Waals surface area contributed by atoms with E-state index in [2.05, 4.69) is 26.6 Å². The third-order valence-corrected chi connectivity index (χ3v) is 8.76. The van der Waals surface area contributed by atoms with Crippen molar-refractivity contribution in [2.45, 2.75) is 89.2 Å². The standard InChI is InChI=1S/C34H54N6O9S/c1-23(2)31(39-28(42)11-7-6-8-18-40(5)29(43)20-26(21-41)50-19-16-30(44)45)33(47)38-27(10-9-17-35-3)32(46)37-25-14-12-24(13-15-25)22-49-34(48)36-4/h12-15,21,23,26-27,31,35H,6-11,16-20,22H2,1-5H3,(H,36,48)(H,37,46)(H,38,47)(H,39,42)(H,44,45)/t26?,27-,31-/m0/s1. The zero-order valence-corrected chi connectivity index (χ0v) is 30.6. The summed E-state index contributed by atoms with van der Waals surface area (Å²) in [6.45, 7) is 4.77. The van der Waals surface area contributed by atoms with Crippen LogP contribution in [-0.4, -0.2) is 109 Å². The van der Waals surface area contributed by atoms with E-state index in [4.69, 9.17) is 9.84 Å². The molecule has 5 amide bonds. The van der Waals surface area contributed by atoms with Crippen LogP contribution in [0, 0.1) is 5.92 Å². The van der Waals surface area contributed by atoms with Gasteiger partial charge in [0, 0.05) is 44.9 Å². The van der Waals surface area contributed by atoms with Crippen molar-refractivity contribution in [1.29, 1.82) is 0 Å². The predicted octanol–water partition coefficient (Wildman–Crippen LogP) is 2.29. The van der Waals surface area contributed by atoms with E-state index in [1.807, 2.05) is 13.8 Å². The second-order valence-corrected chi connectivity index (χ2v) is 13.5. The van der Waals surface area contributed by atoms with Crippen LogP contribution in [0.25, 0.3) is 0 Å². The molecule has 3 atom stereocenters. The van der Waals surface area contributed by atoms with Gasteiger partial charge in [-0.15, -0.1) is 11.8 Å². The Hall–Kier alpha value is -4.18. The number of nitrogens with zero attached hydrogens (tertiary/aromatic N) is 1. The maximum Gasteiger partial charge on any atom is 0.407 e. The van der Waals surface area contributed by atoms with Crippen molar-refractivity contribution in [2.75, 3.05) is 45.3 Å². The number of hydrogen-bond acceptors (Lipinski definition) is 10. The zero-order chi connectivity index (χ0) is 37.5. The smallest absolute Gasteiger partial charge is 0.407 e. The minimum absolute atomic E-state index is 0.00616. The number of rotatable bonds is 25. The summed E-state index contributed by atoms with van der Waals surface area (Å²) in [4.78, 5) is 86.7. The number of carbonyl (C=O) groups excluding carboxylic acids is 6. The molecule has 0 aromatic heterocycles. The van der Waals surface area contributed by atoms with Crippen LogP contribution in [0.2, 0.25) is 0 Å². The van der Waals surface area contributed by atoms with Crippen molar-refractivity contribution >= 4 is 59.4 Å². The minimum Gasteiger partial charge on any atom is -0.481 e. The van der Waals surface area contributed by atoms with Crippen molar-refractivity contribution in [3.05, 3.63) is 29.8 Å². The number of hydrogen-bond donors (Lipinski definition) is 6. The van der Waals surface area contributed by atoms with Gasteiger partial charge in [0.15, 0.2) is 0 Å². The molecular weight excluding hydrogens is 668 g/mol. The third-order valence-electron chi connectivity index (χ3n) is 7.61. The maximum atomic E-state index is 13.4. The lowest BCUT2D eigenvalue weighted by Gasteiger charge is -2.25. The van der Waals surface area contributed by atoms with E-state index in [0.717, 1.165) is 17.3 Å². The van der Waals surface area contributed by atoms with Gasteiger partial charge in [-0.3, -0.25) is 24.0 Å². The summed E-state index contributed by atoms with van der Waals surface area (Å²) >= 11 is 1.15. The average Bonchev–Trinajstić information content (AvgIpc) is 3.08. The van der Waals surface area contributed by atoms with E-state index < -0.39 is 41.2 Å². The summed E-state index contributed by atoms with van der Waals surface area (Å²) in [5, 5.41) is 22.0. The number of benzene rings is 1. The lowest BCUT2D eigenvalue weighted by atomic mass is 10.0. The first-order chi connectivity index (χ1) is 23.8. The number of aldehydes is 1. The lowest BCUT2D eigenvalue weighted by Crippen LogP contribution is -2.54. The van der Waals surface area contributed by atoms with E-state index in [-0.39, 0.29) is 49.4 Å². The number of ether oxygens (including phenoxy) is 1. The van der Waals surface area contributed by atoms with Crippen molar-refractivity contribution in [2.24, 2.45) is 5.92 Å². The predicted molar refractivity (Wildman–Crippen MR) is 191 cm³/mol. The number of alkyl carbamates (subject to hydrolysis) is 1. The molecule has 0 aliphatic carbocycles. The first kappa shape index (κ1) is 43.8. The van der Waals surface area contributed by atoms with Crippen LogP contribution < -0.4 is 26.6 Å². The number of carboxylic acids is 1. The normalized spacial score (nSPS) is 12.6. The van der Waals surface area contributed by atoms with Crippen molar-refractivity contribution in [3.63, 3.8) is 0 Å². The summed E-state index contributed by atoms with van der Waals surface area (Å²) in [6.07, 6.45) is 3.01. The first-order valence-corrected chi connectivity index (χ1v) is 17.9. The molecule has 0 spiro atoms. The third kappa shape index (κ3) is 18.5. The number of unbranched alkanes of at least 4 members (excludes halogenated alkanes) is 2. The van der Waals surface area contributed by atoms with Crippen molar-refractivity contribution < 1.29 is 43.4 Å². The molecule has 0 saturated carbocycles. The molecule has 15 nitrogen and oxygen atoms in total. The highest BCUT2D eigenvalue weighted by molar-refractivity contribution is 8.00. The molecule has 16 heteroatoms. The molecule has 0 fully saturated rings. The Kier molecular flexibility index (Phi) is 21.8. The Morgan fingerprint density at radius 1 is 0.940 bits per heavy atom. The van der Waals surface area contributed by atoms with E-state index in [9.17, 15) is 33.6 Å². The molecule has 0 bridgehead atoms. The van der Waals surface area contributed by atoms with Crippen molar-refractivity contribution in [1.82, 2.24) is 26.2 Å². The van der Waals surface area contributed by atoms with Gasteiger partial charge in [0.05, 0.1) is 11.7 Å². The number of anilines is 1. The van der Waals surface area contributed by atoms with Crippen LogP contribution >= 0.6 is 11.8 Å². The van der Waals surface area contributed by atoms with Gasteiger partial charge in [-0.05, 0) is 62.9 Å². The maximum absolute atomic E-state index is 13.4. The second-order valence-electron chi connectivity index (χ2n) is 12.1. The molecular formula is C34H54N6O9S. The molecule has 6 N–H and O–H groups in total. The first-order valence-electron chi connectivity index (χ1n) is 16.8. The summed E-state index contributed by atoms with van der Waals surface area (Å²) in [5.41, 5.74) is 1.24. The van der Waals surface area contributed by atoms with Gasteiger partial charge >= 0.3 is 12.1 Å². The van der Waals surface area contributed by atoms with Gasteiger partial charge in [-0.2, -0.15) is 0 Å². The number of thioether (sulfide) groups is 1. The number of amides is 5. The van der Waals surface area contributed by atoms with Crippen LogP contribution in [0.4, 0.5) is 10.5 Å². The fourth-order valence-electron chi connectivity index (χ4n) is 4.64. The highest BCUT2D eigenvalue weighted by Crippen LogP contribution is 2.16. The Balaban J connectivity index is 2.63. The zero-order valence-electron chi connectivity index (χ0n) is 29.8. The summed E-state index contributed by atoms with van der Waals surface area (Å²) in [7, 11) is 4.90. The Labute approximate surface area is 298 Å². The lowest BCUT2D eigenvalue weighted by molar-refractivity contribution is -0.136. The average molecular weight is 723 g/mol. The van der Waals surface area contributed by atoms with Gasteiger partial charge in [-0.25, -0.2) is 4.79 Å². The number of nitrogens with one attached hydrogen (secondary N) is 5. The summed E-state index contributed by atoms with van der Waals surface area (Å²) in [6, 6.07) is 5.08. The molecule has 0 aliphatic rings. The SMILES string of the molecule is CNCCC[C@H](NC(=O)[C@@H](NC(=O)CCCCCN(C)C(=O)CC(C=O)SCCC(=O)O)C(C)C)C(=O)Nc1ccc(COC(=O)NC)cc1. The van der Waals surface area contributed by atoms with Crippen LogP contribution in [-0.2, 0) is 40.1 Å². The van der Waals surface area contributed by atoms with Gasteiger partial charge < -0.3 is 46.1 Å². The fourth-order valence-corrected chi connectivity index (χ4v) is 5.57. The van der Waals surface area contributed by atoms with Gasteiger partial charge in [0.2, 0.25) is 23.6 Å². The van der Waals surface area contributed by atoms with Crippen LogP contribution in [0.15, 0.2) is 24.3 Å². The van der Waals surface area contributed by atoms with Crippen molar-refractivity contribution in [3.8, 4) is 0 Å². The Bertz CT molecular complexity index is 1250. The van der Waals surface area contributed by atoms with Gasteiger partial charge in [0.1, 0.15) is 25.0 Å². The van der Waals surface area contributed by atoms with E-state index in [0.29, 0.717) is 57.2 Å². The Morgan fingerprint density at radius 2 is 1.64 bits per heavy atom. The van der Waals surface area contributed by atoms with Crippen LogP contribution in [0.5, 0.6) is 0 Å². The fraction of sp³-hybridized carbons (Fsp3) is 0.618. The molecule has 0 saturated heterocycles. The van der Waals surface area contributed by atoms with Crippen LogP contribution in [0.3, 0.4) is 0 Å². The van der Waals surface area contributed by atoms with Gasteiger partial charge in [-0.1, -0.05) is 32.4 Å². The van der Waals surface area contributed by atoms with E-state index >= 15 is 0 Å². The second kappa shape index (κ2) is 24.9. The van der Waals surface area contributed by atoms with Crippen LogP contribution in [0.1, 0.15) is 70.8 Å². The molecule has 1 aromatic carbocycles. The molecule has 0 radical (unpaired) electrons. The highest BCUT2D eigenvalue weighted by atomic mass is 32.2. The van der Waals surface area contributed by atoms with Gasteiger partial charge in [0.25, 0.3) is 0 Å². The highest BCUT2D eigenvalue weighted by Gasteiger charge is 2.28. The number of aliphatic carboxylic acids is 1. The molecule has 0 heterocycles. The summed E-state index contributed by atoms with van der Waals surface area (Å²) < 4.78 is 5.03. The number of carbonyl (C=O) groups is 7. The molecule has 280 valence electrons. The Morgan fingerprint density at radius 3 is 2.24 bits per heavy atom.